The standard InChI is InChI=1S/C24H38N4O4S/c1-3-33(31,32)26-14-18-9-11-19(12-10-18)15-28-16-21(20-7-5-4-6-8-20)13-22(28)24(30)27-23(29)17(2)25/h9-12,17,20-22,26H,3-8,13-16,25H2,1-2H3,(H,27,29,30)/t17-,21?,22-/m0/s1. The van der Waals surface area contributed by atoms with Gasteiger partial charge in [-0.3, -0.25) is 19.8 Å². The third kappa shape index (κ3) is 7.34. The number of hydrogen-bond acceptors (Lipinski definition) is 6. The smallest absolute Gasteiger partial charge is 0.243 e. The monoisotopic (exact) mass is 478 g/mol. The average molecular weight is 479 g/mol. The fourth-order valence-electron chi connectivity index (χ4n) is 4.94. The fourth-order valence-corrected chi connectivity index (χ4v) is 5.54. The second-order valence-electron chi connectivity index (χ2n) is 9.52. The highest BCUT2D eigenvalue weighted by Crippen LogP contribution is 2.38. The molecule has 1 saturated carbocycles. The SMILES string of the molecule is CCS(=O)(=O)NCc1ccc(CN2CC(C3CCCCC3)C[C@H]2C(=O)NC(=O)[C@H](C)N)cc1. The molecule has 1 aromatic rings. The van der Waals surface area contributed by atoms with Crippen molar-refractivity contribution in [2.24, 2.45) is 17.6 Å². The van der Waals surface area contributed by atoms with E-state index in [1.807, 2.05) is 24.3 Å². The number of likely N-dealkylation sites (tertiary alicyclic amines) is 1. The maximum Gasteiger partial charge on any atom is 0.243 e. The number of sulfonamides is 1. The Morgan fingerprint density at radius 1 is 1.09 bits per heavy atom. The molecular weight excluding hydrogens is 440 g/mol. The van der Waals surface area contributed by atoms with E-state index in [-0.39, 0.29) is 24.2 Å². The molecule has 33 heavy (non-hydrogen) atoms. The predicted molar refractivity (Wildman–Crippen MR) is 128 cm³/mol. The maximum atomic E-state index is 13.0. The quantitative estimate of drug-likeness (QED) is 0.498. The van der Waals surface area contributed by atoms with Crippen LogP contribution in [-0.4, -0.2) is 49.5 Å². The Morgan fingerprint density at radius 3 is 2.33 bits per heavy atom. The van der Waals surface area contributed by atoms with E-state index in [4.69, 9.17) is 5.73 Å². The number of carbonyl (C=O) groups excluding carboxylic acids is 2. The molecule has 1 saturated heterocycles. The van der Waals surface area contributed by atoms with E-state index < -0.39 is 22.0 Å². The minimum Gasteiger partial charge on any atom is -0.320 e. The van der Waals surface area contributed by atoms with Gasteiger partial charge >= 0.3 is 0 Å². The van der Waals surface area contributed by atoms with Gasteiger partial charge in [-0.05, 0) is 43.2 Å². The molecule has 3 rings (SSSR count). The van der Waals surface area contributed by atoms with Crippen LogP contribution in [0.15, 0.2) is 24.3 Å². The zero-order valence-electron chi connectivity index (χ0n) is 19.8. The van der Waals surface area contributed by atoms with E-state index in [0.717, 1.165) is 24.1 Å². The summed E-state index contributed by atoms with van der Waals surface area (Å²) in [6, 6.07) is 6.71. The Balaban J connectivity index is 1.67. The van der Waals surface area contributed by atoms with Crippen LogP contribution in [0, 0.1) is 11.8 Å². The minimum atomic E-state index is -3.24. The first-order valence-corrected chi connectivity index (χ1v) is 13.7. The number of nitrogens with one attached hydrogen (secondary N) is 2. The van der Waals surface area contributed by atoms with E-state index in [2.05, 4.69) is 14.9 Å². The molecule has 1 unspecified atom stereocenters. The van der Waals surface area contributed by atoms with Gasteiger partial charge in [0, 0.05) is 19.6 Å². The molecular formula is C24H38N4O4S. The number of benzene rings is 1. The number of rotatable bonds is 9. The Kier molecular flexibility index (Phi) is 9.03. The molecule has 8 nitrogen and oxygen atoms in total. The van der Waals surface area contributed by atoms with Crippen molar-refractivity contribution < 1.29 is 18.0 Å². The molecule has 2 fully saturated rings. The van der Waals surface area contributed by atoms with Crippen LogP contribution in [0.2, 0.25) is 0 Å². The molecule has 184 valence electrons. The van der Waals surface area contributed by atoms with Crippen LogP contribution in [0.3, 0.4) is 0 Å². The Labute approximate surface area is 197 Å². The highest BCUT2D eigenvalue weighted by Gasteiger charge is 2.40. The highest BCUT2D eigenvalue weighted by atomic mass is 32.2. The van der Waals surface area contributed by atoms with Crippen molar-refractivity contribution in [3.63, 3.8) is 0 Å². The number of nitrogens with two attached hydrogens (primary N) is 1. The zero-order valence-corrected chi connectivity index (χ0v) is 20.6. The van der Waals surface area contributed by atoms with E-state index >= 15 is 0 Å². The van der Waals surface area contributed by atoms with Gasteiger partial charge in [-0.1, -0.05) is 56.4 Å². The lowest BCUT2D eigenvalue weighted by molar-refractivity contribution is -0.133. The summed E-state index contributed by atoms with van der Waals surface area (Å²) in [5.74, 6) is 0.435. The van der Waals surface area contributed by atoms with Crippen LogP contribution in [0.1, 0.15) is 63.5 Å². The summed E-state index contributed by atoms with van der Waals surface area (Å²) in [5, 5.41) is 2.50. The summed E-state index contributed by atoms with van der Waals surface area (Å²) < 4.78 is 25.9. The summed E-state index contributed by atoms with van der Waals surface area (Å²) in [4.78, 5) is 27.2. The van der Waals surface area contributed by atoms with E-state index in [1.165, 1.54) is 32.1 Å². The van der Waals surface area contributed by atoms with E-state index in [9.17, 15) is 18.0 Å². The van der Waals surface area contributed by atoms with Crippen LogP contribution in [0.25, 0.3) is 0 Å². The van der Waals surface area contributed by atoms with Crippen molar-refractivity contribution in [1.29, 1.82) is 0 Å². The Bertz CT molecular complexity index is 911. The Morgan fingerprint density at radius 2 is 1.73 bits per heavy atom. The summed E-state index contributed by atoms with van der Waals surface area (Å²) in [6.07, 6.45) is 7.00. The van der Waals surface area contributed by atoms with Gasteiger partial charge in [-0.15, -0.1) is 0 Å². The van der Waals surface area contributed by atoms with Gasteiger partial charge in [0.2, 0.25) is 21.8 Å². The number of amides is 2. The summed E-state index contributed by atoms with van der Waals surface area (Å²) in [6.45, 7) is 4.88. The van der Waals surface area contributed by atoms with Gasteiger partial charge in [-0.25, -0.2) is 13.1 Å². The molecule has 0 bridgehead atoms. The van der Waals surface area contributed by atoms with Gasteiger partial charge in [0.05, 0.1) is 17.8 Å². The van der Waals surface area contributed by atoms with Crippen molar-refractivity contribution in [3.8, 4) is 0 Å². The molecule has 9 heteroatoms. The van der Waals surface area contributed by atoms with Crippen LogP contribution in [0.4, 0.5) is 0 Å². The van der Waals surface area contributed by atoms with Gasteiger partial charge in [0.15, 0.2) is 0 Å². The van der Waals surface area contributed by atoms with Crippen molar-refractivity contribution in [2.45, 2.75) is 77.5 Å². The second kappa shape index (κ2) is 11.6. The van der Waals surface area contributed by atoms with Crippen LogP contribution >= 0.6 is 0 Å². The summed E-state index contributed by atoms with van der Waals surface area (Å²) in [5.41, 5.74) is 7.58. The molecule has 0 spiro atoms. The number of imide groups is 1. The number of hydrogen-bond donors (Lipinski definition) is 3. The molecule has 0 aromatic heterocycles. The number of nitrogens with zero attached hydrogens (tertiary/aromatic N) is 1. The van der Waals surface area contributed by atoms with Crippen molar-refractivity contribution in [1.82, 2.24) is 14.9 Å². The number of carbonyl (C=O) groups is 2. The van der Waals surface area contributed by atoms with Gasteiger partial charge in [-0.2, -0.15) is 0 Å². The third-order valence-corrected chi connectivity index (χ3v) is 8.34. The molecule has 0 radical (unpaired) electrons. The second-order valence-corrected chi connectivity index (χ2v) is 11.6. The zero-order chi connectivity index (χ0) is 24.0. The highest BCUT2D eigenvalue weighted by molar-refractivity contribution is 7.89. The van der Waals surface area contributed by atoms with Crippen LogP contribution < -0.4 is 15.8 Å². The lowest BCUT2D eigenvalue weighted by atomic mass is 9.79. The van der Waals surface area contributed by atoms with Crippen LogP contribution in [0.5, 0.6) is 0 Å². The van der Waals surface area contributed by atoms with E-state index in [1.54, 1.807) is 13.8 Å². The average Bonchev–Trinajstić information content (AvgIpc) is 3.23. The third-order valence-electron chi connectivity index (χ3n) is 7.00. The van der Waals surface area contributed by atoms with Crippen LogP contribution in [-0.2, 0) is 32.7 Å². The lowest BCUT2D eigenvalue weighted by Gasteiger charge is -2.27. The first-order chi connectivity index (χ1) is 15.7. The largest absolute Gasteiger partial charge is 0.320 e. The Hall–Kier alpha value is -1.81. The maximum absolute atomic E-state index is 13.0. The molecule has 2 aliphatic rings. The molecule has 3 atom stereocenters. The summed E-state index contributed by atoms with van der Waals surface area (Å²) >= 11 is 0. The topological polar surface area (TPSA) is 122 Å². The normalized spacial score (nSPS) is 23.4. The van der Waals surface area contributed by atoms with Crippen molar-refractivity contribution >= 4 is 21.8 Å². The first kappa shape index (κ1) is 25.8. The first-order valence-electron chi connectivity index (χ1n) is 12.1. The molecule has 1 aliphatic heterocycles. The lowest BCUT2D eigenvalue weighted by Crippen LogP contribution is -2.49. The molecule has 1 heterocycles. The molecule has 1 aromatic carbocycles. The van der Waals surface area contributed by atoms with E-state index in [0.29, 0.717) is 18.4 Å². The molecule has 1 aliphatic carbocycles. The molecule has 4 N–H and O–H groups in total. The summed E-state index contributed by atoms with van der Waals surface area (Å²) in [7, 11) is -3.24. The van der Waals surface area contributed by atoms with Gasteiger partial charge in [0.25, 0.3) is 0 Å². The van der Waals surface area contributed by atoms with Crippen molar-refractivity contribution in [3.05, 3.63) is 35.4 Å². The van der Waals surface area contributed by atoms with Gasteiger partial charge < -0.3 is 5.73 Å². The van der Waals surface area contributed by atoms with Gasteiger partial charge in [0.1, 0.15) is 0 Å². The molecule has 2 amide bonds. The fraction of sp³-hybridized carbons (Fsp3) is 0.667. The predicted octanol–water partition coefficient (Wildman–Crippen LogP) is 1.89. The van der Waals surface area contributed by atoms with Crippen molar-refractivity contribution in [2.75, 3.05) is 12.3 Å². The minimum absolute atomic E-state index is 0.0527.